The molecule has 0 radical (unpaired) electrons. The van der Waals surface area contributed by atoms with Crippen LogP contribution in [-0.4, -0.2) is 36.1 Å². The van der Waals surface area contributed by atoms with Gasteiger partial charge in [0.05, 0.1) is 0 Å². The summed E-state index contributed by atoms with van der Waals surface area (Å²) in [6.07, 6.45) is 4.57. The van der Waals surface area contributed by atoms with Gasteiger partial charge in [0.25, 0.3) is 0 Å². The summed E-state index contributed by atoms with van der Waals surface area (Å²) in [6.45, 7) is 2.17. The van der Waals surface area contributed by atoms with E-state index in [0.29, 0.717) is 6.04 Å². The first-order chi connectivity index (χ1) is 6.38. The Kier molecular flexibility index (Phi) is 2.40. The van der Waals surface area contributed by atoms with Gasteiger partial charge in [0.15, 0.2) is 0 Å². The van der Waals surface area contributed by atoms with E-state index >= 15 is 0 Å². The zero-order chi connectivity index (χ0) is 9.10. The van der Waals surface area contributed by atoms with E-state index in [1.807, 2.05) is 6.07 Å². The highest BCUT2D eigenvalue weighted by Gasteiger charge is 2.19. The molecule has 1 fully saturated rings. The second kappa shape index (κ2) is 3.70. The number of hydrogen-bond donors (Lipinski definition) is 1. The molecule has 1 atom stereocenters. The fraction of sp³-hybridized carbons (Fsp3) is 0.556. The van der Waals surface area contributed by atoms with E-state index in [1.165, 1.54) is 6.42 Å². The third-order valence-corrected chi connectivity index (χ3v) is 2.51. The quantitative estimate of drug-likeness (QED) is 0.706. The number of nitrogens with one attached hydrogen (secondary N) is 1. The fourth-order valence-electron chi connectivity index (χ4n) is 1.65. The largest absolute Gasteiger partial charge is 0.355 e. The minimum absolute atomic E-state index is 0.579. The topological polar surface area (TPSA) is 41.1 Å². The second-order valence-corrected chi connectivity index (χ2v) is 3.33. The van der Waals surface area contributed by atoms with Crippen LogP contribution in [0.25, 0.3) is 0 Å². The Bertz CT molecular complexity index is 256. The van der Waals surface area contributed by atoms with Crippen LogP contribution >= 0.6 is 0 Å². The van der Waals surface area contributed by atoms with Crippen LogP contribution in [0.1, 0.15) is 6.42 Å². The van der Waals surface area contributed by atoms with Crippen molar-refractivity contribution >= 4 is 5.82 Å². The van der Waals surface area contributed by atoms with Crippen LogP contribution in [0.3, 0.4) is 0 Å². The van der Waals surface area contributed by atoms with Gasteiger partial charge in [-0.2, -0.15) is 0 Å². The molecule has 2 heterocycles. The Morgan fingerprint density at radius 1 is 1.62 bits per heavy atom. The summed E-state index contributed by atoms with van der Waals surface area (Å²) in [7, 11) is 2.08. The lowest BCUT2D eigenvalue weighted by Crippen LogP contribution is -2.33. The second-order valence-electron chi connectivity index (χ2n) is 3.33. The molecule has 70 valence electrons. The summed E-state index contributed by atoms with van der Waals surface area (Å²) in [5, 5.41) is 3.34. The van der Waals surface area contributed by atoms with Crippen molar-refractivity contribution in [2.24, 2.45) is 0 Å². The minimum atomic E-state index is 0.579. The molecule has 1 N–H and O–H groups in total. The maximum atomic E-state index is 4.21. The highest BCUT2D eigenvalue weighted by molar-refractivity contribution is 5.37. The molecule has 0 aromatic carbocycles. The van der Waals surface area contributed by atoms with Crippen molar-refractivity contribution in [3.05, 3.63) is 18.6 Å². The van der Waals surface area contributed by atoms with Gasteiger partial charge in [-0.05, 0) is 19.0 Å². The Hall–Kier alpha value is -1.16. The van der Waals surface area contributed by atoms with E-state index in [-0.39, 0.29) is 0 Å². The third kappa shape index (κ3) is 1.78. The van der Waals surface area contributed by atoms with Crippen LogP contribution in [0, 0.1) is 0 Å². The zero-order valence-corrected chi connectivity index (χ0v) is 7.77. The van der Waals surface area contributed by atoms with Crippen LogP contribution in [0.2, 0.25) is 0 Å². The number of likely N-dealkylation sites (N-methyl/N-ethyl adjacent to an activating group) is 1. The average molecular weight is 178 g/mol. The summed E-state index contributed by atoms with van der Waals surface area (Å²) in [5.41, 5.74) is 0. The number of aromatic nitrogens is 2. The average Bonchev–Trinajstić information content (AvgIpc) is 2.71. The normalized spacial score (nSPS) is 21.8. The van der Waals surface area contributed by atoms with Gasteiger partial charge in [-0.25, -0.2) is 9.97 Å². The van der Waals surface area contributed by atoms with Crippen molar-refractivity contribution in [1.29, 1.82) is 0 Å². The lowest BCUT2D eigenvalue weighted by atomic mass is 10.2. The zero-order valence-electron chi connectivity index (χ0n) is 7.77. The van der Waals surface area contributed by atoms with E-state index in [1.54, 1.807) is 12.5 Å². The first-order valence-corrected chi connectivity index (χ1v) is 4.57. The van der Waals surface area contributed by atoms with Gasteiger partial charge in [-0.15, -0.1) is 0 Å². The maximum Gasteiger partial charge on any atom is 0.131 e. The molecule has 1 saturated heterocycles. The Balaban J connectivity index is 2.08. The Morgan fingerprint density at radius 3 is 3.15 bits per heavy atom. The summed E-state index contributed by atoms with van der Waals surface area (Å²) < 4.78 is 0. The van der Waals surface area contributed by atoms with Crippen molar-refractivity contribution in [2.45, 2.75) is 12.5 Å². The van der Waals surface area contributed by atoms with E-state index in [0.717, 1.165) is 18.9 Å². The molecule has 1 aromatic rings. The van der Waals surface area contributed by atoms with Gasteiger partial charge >= 0.3 is 0 Å². The molecule has 0 spiro atoms. The Morgan fingerprint density at radius 2 is 2.54 bits per heavy atom. The van der Waals surface area contributed by atoms with Gasteiger partial charge in [0, 0.05) is 25.8 Å². The van der Waals surface area contributed by atoms with Crippen LogP contribution in [0.15, 0.2) is 18.6 Å². The lowest BCUT2D eigenvalue weighted by Gasteiger charge is -2.24. The van der Waals surface area contributed by atoms with E-state index in [4.69, 9.17) is 0 Å². The summed E-state index contributed by atoms with van der Waals surface area (Å²) in [5.74, 6) is 1.00. The predicted molar refractivity (Wildman–Crippen MR) is 51.7 cm³/mol. The number of rotatable bonds is 2. The Labute approximate surface area is 78.0 Å². The smallest absolute Gasteiger partial charge is 0.131 e. The molecular weight excluding hydrogens is 164 g/mol. The summed E-state index contributed by atoms with van der Waals surface area (Å²) >= 11 is 0. The SMILES string of the molecule is CN(c1ccncn1)C1CCNC1. The van der Waals surface area contributed by atoms with E-state index < -0.39 is 0 Å². The van der Waals surface area contributed by atoms with Crippen molar-refractivity contribution in [1.82, 2.24) is 15.3 Å². The van der Waals surface area contributed by atoms with Crippen LogP contribution < -0.4 is 10.2 Å². The first-order valence-electron chi connectivity index (χ1n) is 4.57. The van der Waals surface area contributed by atoms with Gasteiger partial charge in [0.1, 0.15) is 12.1 Å². The number of anilines is 1. The number of hydrogen-bond acceptors (Lipinski definition) is 4. The van der Waals surface area contributed by atoms with Gasteiger partial charge < -0.3 is 10.2 Å². The third-order valence-electron chi connectivity index (χ3n) is 2.51. The molecule has 0 amide bonds. The monoisotopic (exact) mass is 178 g/mol. The molecule has 2 rings (SSSR count). The van der Waals surface area contributed by atoms with Crippen molar-refractivity contribution < 1.29 is 0 Å². The molecule has 0 aliphatic carbocycles. The highest BCUT2D eigenvalue weighted by atomic mass is 15.2. The minimum Gasteiger partial charge on any atom is -0.355 e. The standard InChI is InChI=1S/C9H14N4/c1-13(8-2-4-10-6-8)9-3-5-11-7-12-9/h3,5,7-8,10H,2,4,6H2,1H3. The molecule has 1 aromatic heterocycles. The molecule has 13 heavy (non-hydrogen) atoms. The van der Waals surface area contributed by atoms with Crippen LogP contribution in [0.4, 0.5) is 5.82 Å². The number of nitrogens with zero attached hydrogens (tertiary/aromatic N) is 3. The molecule has 1 aliphatic heterocycles. The molecule has 1 unspecified atom stereocenters. The van der Waals surface area contributed by atoms with Crippen molar-refractivity contribution in [2.75, 3.05) is 25.0 Å². The fourth-order valence-corrected chi connectivity index (χ4v) is 1.65. The van der Waals surface area contributed by atoms with E-state index in [2.05, 4.69) is 27.2 Å². The highest BCUT2D eigenvalue weighted by Crippen LogP contribution is 2.13. The molecule has 4 nitrogen and oxygen atoms in total. The van der Waals surface area contributed by atoms with Crippen LogP contribution in [-0.2, 0) is 0 Å². The van der Waals surface area contributed by atoms with Crippen molar-refractivity contribution in [3.8, 4) is 0 Å². The van der Waals surface area contributed by atoms with Gasteiger partial charge in [-0.1, -0.05) is 0 Å². The molecule has 4 heteroatoms. The molecular formula is C9H14N4. The first kappa shape index (κ1) is 8.44. The lowest BCUT2D eigenvalue weighted by molar-refractivity contribution is 0.677. The molecule has 1 aliphatic rings. The van der Waals surface area contributed by atoms with Crippen molar-refractivity contribution in [3.63, 3.8) is 0 Å². The summed E-state index contributed by atoms with van der Waals surface area (Å²) in [6, 6.07) is 2.52. The predicted octanol–water partition coefficient (Wildman–Crippen LogP) is 0.275. The van der Waals surface area contributed by atoms with Crippen LogP contribution in [0.5, 0.6) is 0 Å². The van der Waals surface area contributed by atoms with Gasteiger partial charge in [0.2, 0.25) is 0 Å². The molecule has 0 bridgehead atoms. The summed E-state index contributed by atoms with van der Waals surface area (Å²) in [4.78, 5) is 10.3. The van der Waals surface area contributed by atoms with E-state index in [9.17, 15) is 0 Å². The molecule has 0 saturated carbocycles. The van der Waals surface area contributed by atoms with Gasteiger partial charge in [-0.3, -0.25) is 0 Å². The maximum absolute atomic E-state index is 4.21.